The molecule has 2 rings (SSSR count). The van der Waals surface area contributed by atoms with Gasteiger partial charge in [-0.3, -0.25) is 4.79 Å². The molecule has 0 aliphatic carbocycles. The van der Waals surface area contributed by atoms with Gasteiger partial charge in [-0.1, -0.05) is 15.9 Å². The number of carbonyl (C=O) groups is 3. The van der Waals surface area contributed by atoms with Crippen LogP contribution in [0.2, 0.25) is 0 Å². The lowest BCUT2D eigenvalue weighted by Gasteiger charge is -2.09. The molecule has 3 N–H and O–H groups in total. The predicted molar refractivity (Wildman–Crippen MR) is 99.9 cm³/mol. The highest BCUT2D eigenvalue weighted by Gasteiger charge is 2.14. The summed E-state index contributed by atoms with van der Waals surface area (Å²) in [6.07, 6.45) is 0. The Kier molecular flexibility index (Phi) is 6.74. The number of ether oxygens (including phenoxy) is 2. The fourth-order valence-corrected chi connectivity index (χ4v) is 2.38. The van der Waals surface area contributed by atoms with Crippen LogP contribution in [0.1, 0.15) is 27.6 Å². The molecule has 0 atom stereocenters. The number of halogens is 1. The van der Waals surface area contributed by atoms with E-state index >= 15 is 0 Å². The number of hydrogen-bond donors (Lipinski definition) is 2. The van der Waals surface area contributed by atoms with Gasteiger partial charge in [0.25, 0.3) is 5.91 Å². The van der Waals surface area contributed by atoms with E-state index in [2.05, 4.69) is 21.2 Å². The number of esters is 2. The second-order valence-corrected chi connectivity index (χ2v) is 6.07. The van der Waals surface area contributed by atoms with Gasteiger partial charge in [0, 0.05) is 15.8 Å². The van der Waals surface area contributed by atoms with Crippen molar-refractivity contribution in [3.63, 3.8) is 0 Å². The molecular formula is C18H17BrN2O5. The van der Waals surface area contributed by atoms with Crippen LogP contribution in [0, 0.1) is 0 Å². The molecule has 0 unspecified atom stereocenters. The molecule has 2 aromatic rings. The van der Waals surface area contributed by atoms with Crippen LogP contribution in [-0.2, 0) is 14.3 Å². The molecule has 2 aromatic carbocycles. The molecule has 7 nitrogen and oxygen atoms in total. The van der Waals surface area contributed by atoms with Crippen LogP contribution in [-0.4, -0.2) is 31.1 Å². The van der Waals surface area contributed by atoms with Crippen LogP contribution in [0.25, 0.3) is 0 Å². The minimum atomic E-state index is -0.698. The maximum atomic E-state index is 12.0. The Hall–Kier alpha value is -2.87. The molecule has 136 valence electrons. The summed E-state index contributed by atoms with van der Waals surface area (Å²) < 4.78 is 10.5. The van der Waals surface area contributed by atoms with Crippen LogP contribution in [0.4, 0.5) is 11.4 Å². The van der Waals surface area contributed by atoms with Gasteiger partial charge >= 0.3 is 11.9 Å². The zero-order valence-corrected chi connectivity index (χ0v) is 15.5. The van der Waals surface area contributed by atoms with E-state index in [1.54, 1.807) is 31.2 Å². The van der Waals surface area contributed by atoms with E-state index in [0.29, 0.717) is 15.7 Å². The Morgan fingerprint density at radius 1 is 1.04 bits per heavy atom. The Bertz CT molecular complexity index is 821. The molecule has 8 heteroatoms. The maximum absolute atomic E-state index is 12.0. The highest BCUT2D eigenvalue weighted by Crippen LogP contribution is 2.19. The summed E-state index contributed by atoms with van der Waals surface area (Å²) in [7, 11) is 0. The second kappa shape index (κ2) is 9.00. The minimum absolute atomic E-state index is 0.172. The van der Waals surface area contributed by atoms with Gasteiger partial charge in [0.1, 0.15) is 0 Å². The van der Waals surface area contributed by atoms with Crippen LogP contribution >= 0.6 is 15.9 Å². The van der Waals surface area contributed by atoms with E-state index in [1.165, 1.54) is 18.2 Å². The van der Waals surface area contributed by atoms with E-state index in [9.17, 15) is 14.4 Å². The van der Waals surface area contributed by atoms with Gasteiger partial charge in [-0.2, -0.15) is 0 Å². The molecule has 0 spiro atoms. The fraction of sp³-hybridized carbons (Fsp3) is 0.167. The van der Waals surface area contributed by atoms with Crippen LogP contribution in [0.5, 0.6) is 0 Å². The van der Waals surface area contributed by atoms with Crippen molar-refractivity contribution in [2.45, 2.75) is 6.92 Å². The predicted octanol–water partition coefficient (Wildman–Crippen LogP) is 3.00. The molecule has 0 aliphatic heterocycles. The van der Waals surface area contributed by atoms with Gasteiger partial charge in [0.05, 0.1) is 17.7 Å². The summed E-state index contributed by atoms with van der Waals surface area (Å²) in [4.78, 5) is 35.5. The third-order valence-corrected chi connectivity index (χ3v) is 3.74. The summed E-state index contributed by atoms with van der Waals surface area (Å²) >= 11 is 3.24. The first-order valence-corrected chi connectivity index (χ1v) is 8.49. The van der Waals surface area contributed by atoms with Crippen molar-refractivity contribution in [2.24, 2.45) is 0 Å². The Morgan fingerprint density at radius 2 is 1.73 bits per heavy atom. The normalized spacial score (nSPS) is 10.1. The molecule has 0 fully saturated rings. The number of rotatable bonds is 6. The third kappa shape index (κ3) is 5.32. The quantitative estimate of drug-likeness (QED) is 0.549. The molecule has 0 radical (unpaired) electrons. The van der Waals surface area contributed by atoms with Gasteiger partial charge in [0.2, 0.25) is 0 Å². The topological polar surface area (TPSA) is 108 Å². The van der Waals surface area contributed by atoms with Crippen LogP contribution in [0.3, 0.4) is 0 Å². The SMILES string of the molecule is CCOC(=O)c1ccc(NC(=O)COC(=O)c2cc(Br)ccc2N)cc1. The monoisotopic (exact) mass is 420 g/mol. The van der Waals surface area contributed by atoms with Crippen molar-refractivity contribution in [1.82, 2.24) is 0 Å². The van der Waals surface area contributed by atoms with Crippen LogP contribution < -0.4 is 11.1 Å². The summed E-state index contributed by atoms with van der Waals surface area (Å²) in [5.41, 5.74) is 6.99. The second-order valence-electron chi connectivity index (χ2n) is 5.15. The Morgan fingerprint density at radius 3 is 2.38 bits per heavy atom. The van der Waals surface area contributed by atoms with Crippen molar-refractivity contribution >= 4 is 45.2 Å². The number of anilines is 2. The lowest BCUT2D eigenvalue weighted by molar-refractivity contribution is -0.119. The van der Waals surface area contributed by atoms with Gasteiger partial charge in [-0.15, -0.1) is 0 Å². The molecule has 26 heavy (non-hydrogen) atoms. The van der Waals surface area contributed by atoms with Crippen molar-refractivity contribution in [3.8, 4) is 0 Å². The molecule has 0 saturated heterocycles. The smallest absolute Gasteiger partial charge is 0.340 e. The van der Waals surface area contributed by atoms with Crippen molar-refractivity contribution in [1.29, 1.82) is 0 Å². The first kappa shape index (κ1) is 19.5. The summed E-state index contributed by atoms with van der Waals surface area (Å²) in [5, 5.41) is 2.56. The number of amides is 1. The first-order chi connectivity index (χ1) is 12.4. The number of nitrogens with two attached hydrogens (primary N) is 1. The summed E-state index contributed by atoms with van der Waals surface area (Å²) in [6, 6.07) is 10.9. The number of nitrogens with one attached hydrogen (secondary N) is 1. The van der Waals surface area contributed by atoms with Crippen molar-refractivity contribution < 1.29 is 23.9 Å². The third-order valence-electron chi connectivity index (χ3n) is 3.25. The van der Waals surface area contributed by atoms with E-state index < -0.39 is 24.5 Å². The van der Waals surface area contributed by atoms with E-state index in [-0.39, 0.29) is 17.9 Å². The number of carbonyl (C=O) groups excluding carboxylic acids is 3. The Balaban J connectivity index is 1.89. The van der Waals surface area contributed by atoms with E-state index in [4.69, 9.17) is 15.2 Å². The van der Waals surface area contributed by atoms with Gasteiger partial charge < -0.3 is 20.5 Å². The van der Waals surface area contributed by atoms with Gasteiger partial charge in [-0.25, -0.2) is 9.59 Å². The molecule has 0 heterocycles. The minimum Gasteiger partial charge on any atom is -0.462 e. The number of benzene rings is 2. The average molecular weight is 421 g/mol. The fourth-order valence-electron chi connectivity index (χ4n) is 2.02. The van der Waals surface area contributed by atoms with E-state index in [1.807, 2.05) is 0 Å². The maximum Gasteiger partial charge on any atom is 0.340 e. The zero-order valence-electron chi connectivity index (χ0n) is 14.0. The lowest BCUT2D eigenvalue weighted by atomic mass is 10.2. The summed E-state index contributed by atoms with van der Waals surface area (Å²) in [6.45, 7) is 1.53. The molecule has 0 aromatic heterocycles. The average Bonchev–Trinajstić information content (AvgIpc) is 2.62. The highest BCUT2D eigenvalue weighted by molar-refractivity contribution is 9.10. The molecule has 0 saturated carbocycles. The number of hydrogen-bond acceptors (Lipinski definition) is 6. The van der Waals surface area contributed by atoms with Gasteiger partial charge in [-0.05, 0) is 49.4 Å². The molecule has 0 bridgehead atoms. The first-order valence-electron chi connectivity index (χ1n) is 7.70. The zero-order chi connectivity index (χ0) is 19.1. The van der Waals surface area contributed by atoms with Gasteiger partial charge in [0.15, 0.2) is 6.61 Å². The van der Waals surface area contributed by atoms with E-state index in [0.717, 1.165) is 0 Å². The largest absolute Gasteiger partial charge is 0.462 e. The highest BCUT2D eigenvalue weighted by atomic mass is 79.9. The number of nitrogen functional groups attached to an aromatic ring is 1. The summed E-state index contributed by atoms with van der Waals surface area (Å²) in [5.74, 6) is -1.65. The van der Waals surface area contributed by atoms with Crippen molar-refractivity contribution in [2.75, 3.05) is 24.3 Å². The van der Waals surface area contributed by atoms with Crippen molar-refractivity contribution in [3.05, 3.63) is 58.1 Å². The standard InChI is InChI=1S/C18H17BrN2O5/c1-2-25-17(23)11-3-6-13(7-4-11)21-16(22)10-26-18(24)14-9-12(19)5-8-15(14)20/h3-9H,2,10,20H2,1H3,(H,21,22). The lowest BCUT2D eigenvalue weighted by Crippen LogP contribution is -2.21. The molecule has 0 aliphatic rings. The Labute approximate surface area is 158 Å². The van der Waals surface area contributed by atoms with Crippen LogP contribution in [0.15, 0.2) is 46.9 Å². The molecular weight excluding hydrogens is 404 g/mol. The molecule has 1 amide bonds.